The van der Waals surface area contributed by atoms with Crippen LogP contribution in [0.25, 0.3) is 0 Å². The van der Waals surface area contributed by atoms with Gasteiger partial charge in [0.2, 0.25) is 0 Å². The highest BCUT2D eigenvalue weighted by Crippen LogP contribution is 2.26. The lowest BCUT2D eigenvalue weighted by atomic mass is 9.86. The first-order valence-electron chi connectivity index (χ1n) is 5.77. The van der Waals surface area contributed by atoms with Crippen molar-refractivity contribution in [3.05, 3.63) is 16.6 Å². The lowest BCUT2D eigenvalue weighted by Crippen LogP contribution is -2.34. The molecule has 2 rings (SSSR count). The van der Waals surface area contributed by atoms with Crippen LogP contribution in [0.2, 0.25) is 0 Å². The Bertz CT molecular complexity index is 335. The van der Waals surface area contributed by atoms with Crippen LogP contribution in [0.4, 0.5) is 0 Å². The Morgan fingerprint density at radius 1 is 1.59 bits per heavy atom. The fourth-order valence-corrected chi connectivity index (χ4v) is 2.25. The third kappa shape index (κ3) is 5.20. The summed E-state index contributed by atoms with van der Waals surface area (Å²) in [5.74, 6) is 1.35. The number of aromatic nitrogens is 1. The fraction of sp³-hybridized carbons (Fsp3) is 0.636. The summed E-state index contributed by atoms with van der Waals surface area (Å²) in [7, 11) is 0. The van der Waals surface area contributed by atoms with E-state index in [9.17, 15) is 0 Å². The summed E-state index contributed by atoms with van der Waals surface area (Å²) >= 11 is 1.67. The van der Waals surface area contributed by atoms with Crippen molar-refractivity contribution in [1.82, 2.24) is 10.3 Å². The molecule has 1 aliphatic carbocycles. The standard InChI is InChI=1S/C11H18N4S.HI/c12-11(15-8-9-2-1-3-9)14-5-4-10-13-6-7-16-10;/h6-7,9H,1-5,8H2,(H3,12,14,15);1H. The van der Waals surface area contributed by atoms with Crippen molar-refractivity contribution >= 4 is 41.3 Å². The van der Waals surface area contributed by atoms with Gasteiger partial charge in [0.15, 0.2) is 5.96 Å². The van der Waals surface area contributed by atoms with E-state index in [4.69, 9.17) is 5.73 Å². The molecule has 0 saturated heterocycles. The van der Waals surface area contributed by atoms with Crippen molar-refractivity contribution in [3.63, 3.8) is 0 Å². The van der Waals surface area contributed by atoms with Crippen LogP contribution in [-0.2, 0) is 6.42 Å². The molecule has 0 aromatic carbocycles. The van der Waals surface area contributed by atoms with Gasteiger partial charge >= 0.3 is 0 Å². The normalized spacial score (nSPS) is 16.1. The molecule has 0 radical (unpaired) electrons. The molecule has 0 aliphatic heterocycles. The van der Waals surface area contributed by atoms with Gasteiger partial charge in [-0.05, 0) is 18.8 Å². The smallest absolute Gasteiger partial charge is 0.188 e. The van der Waals surface area contributed by atoms with Crippen LogP contribution in [0.15, 0.2) is 16.6 Å². The van der Waals surface area contributed by atoms with E-state index in [1.165, 1.54) is 19.3 Å². The molecule has 0 atom stereocenters. The van der Waals surface area contributed by atoms with Crippen molar-refractivity contribution in [1.29, 1.82) is 0 Å². The van der Waals surface area contributed by atoms with Gasteiger partial charge in [0.1, 0.15) is 0 Å². The maximum Gasteiger partial charge on any atom is 0.188 e. The third-order valence-corrected chi connectivity index (χ3v) is 3.71. The average Bonchev–Trinajstić information content (AvgIpc) is 2.68. The van der Waals surface area contributed by atoms with Gasteiger partial charge in [-0.25, -0.2) is 4.98 Å². The van der Waals surface area contributed by atoms with Crippen LogP contribution < -0.4 is 11.1 Å². The van der Waals surface area contributed by atoms with E-state index >= 15 is 0 Å². The van der Waals surface area contributed by atoms with Gasteiger partial charge in [-0.2, -0.15) is 0 Å². The summed E-state index contributed by atoms with van der Waals surface area (Å²) in [5.41, 5.74) is 5.76. The molecule has 1 saturated carbocycles. The van der Waals surface area contributed by atoms with Gasteiger partial charge < -0.3 is 11.1 Å². The first kappa shape index (κ1) is 14.7. The molecule has 4 nitrogen and oxygen atoms in total. The summed E-state index contributed by atoms with van der Waals surface area (Å²) in [4.78, 5) is 8.54. The number of rotatable bonds is 5. The van der Waals surface area contributed by atoms with Crippen molar-refractivity contribution in [2.45, 2.75) is 25.7 Å². The van der Waals surface area contributed by atoms with Gasteiger partial charge in [0.25, 0.3) is 0 Å². The maximum atomic E-state index is 5.76. The van der Waals surface area contributed by atoms with E-state index < -0.39 is 0 Å². The van der Waals surface area contributed by atoms with Crippen LogP contribution in [0.5, 0.6) is 0 Å². The molecule has 1 heterocycles. The topological polar surface area (TPSA) is 63.3 Å². The summed E-state index contributed by atoms with van der Waals surface area (Å²) in [6.07, 6.45) is 6.73. The molecular formula is C11H19IN4S. The molecule has 0 spiro atoms. The predicted molar refractivity (Wildman–Crippen MR) is 83.1 cm³/mol. The zero-order valence-corrected chi connectivity index (χ0v) is 12.9. The summed E-state index contributed by atoms with van der Waals surface area (Å²) in [6, 6.07) is 0. The zero-order chi connectivity index (χ0) is 11.2. The van der Waals surface area contributed by atoms with Crippen LogP contribution in [0.1, 0.15) is 24.3 Å². The highest BCUT2D eigenvalue weighted by Gasteiger charge is 2.16. The lowest BCUT2D eigenvalue weighted by Gasteiger charge is -2.23. The molecule has 17 heavy (non-hydrogen) atoms. The van der Waals surface area contributed by atoms with Gasteiger partial charge in [0, 0.05) is 31.1 Å². The summed E-state index contributed by atoms with van der Waals surface area (Å²) in [6.45, 7) is 1.70. The van der Waals surface area contributed by atoms with E-state index in [-0.39, 0.29) is 24.0 Å². The summed E-state index contributed by atoms with van der Waals surface area (Å²) in [5, 5.41) is 6.25. The Balaban J connectivity index is 0.00000144. The van der Waals surface area contributed by atoms with E-state index in [1.54, 1.807) is 11.3 Å². The van der Waals surface area contributed by atoms with Crippen molar-refractivity contribution in [3.8, 4) is 0 Å². The zero-order valence-electron chi connectivity index (χ0n) is 9.76. The highest BCUT2D eigenvalue weighted by atomic mass is 127. The highest BCUT2D eigenvalue weighted by molar-refractivity contribution is 14.0. The Morgan fingerprint density at radius 2 is 2.41 bits per heavy atom. The molecule has 1 fully saturated rings. The Labute approximate surface area is 123 Å². The quantitative estimate of drug-likeness (QED) is 0.476. The maximum absolute atomic E-state index is 5.76. The average molecular weight is 366 g/mol. The van der Waals surface area contributed by atoms with E-state index in [0.717, 1.165) is 30.4 Å². The molecule has 1 aromatic heterocycles. The Hall–Kier alpha value is -0.370. The van der Waals surface area contributed by atoms with Crippen LogP contribution in [0, 0.1) is 5.92 Å². The van der Waals surface area contributed by atoms with Crippen molar-refractivity contribution < 1.29 is 0 Å². The molecule has 0 bridgehead atoms. The van der Waals surface area contributed by atoms with Crippen molar-refractivity contribution in [2.75, 3.05) is 13.1 Å². The number of guanidine groups is 1. The van der Waals surface area contributed by atoms with E-state index in [0.29, 0.717) is 5.96 Å². The second-order valence-electron chi connectivity index (χ2n) is 4.13. The summed E-state index contributed by atoms with van der Waals surface area (Å²) < 4.78 is 0. The number of nitrogens with two attached hydrogens (primary N) is 1. The molecule has 6 heteroatoms. The monoisotopic (exact) mass is 366 g/mol. The number of hydrogen-bond acceptors (Lipinski definition) is 3. The SMILES string of the molecule is I.NC(=NCC1CCC1)NCCc1nccs1. The molecule has 3 N–H and O–H groups in total. The predicted octanol–water partition coefficient (Wildman–Crippen LogP) is 2.01. The molecule has 1 aromatic rings. The number of aliphatic imine (C=N–C) groups is 1. The molecule has 0 unspecified atom stereocenters. The van der Waals surface area contributed by atoms with E-state index in [2.05, 4.69) is 15.3 Å². The first-order valence-corrected chi connectivity index (χ1v) is 6.64. The largest absolute Gasteiger partial charge is 0.370 e. The fourth-order valence-electron chi connectivity index (χ4n) is 1.63. The van der Waals surface area contributed by atoms with Gasteiger partial charge in [-0.1, -0.05) is 6.42 Å². The molecule has 0 amide bonds. The number of thiazole rings is 1. The lowest BCUT2D eigenvalue weighted by molar-refractivity contribution is 0.326. The number of hydrogen-bond donors (Lipinski definition) is 2. The minimum atomic E-state index is 0. The van der Waals surface area contributed by atoms with Gasteiger partial charge in [0.05, 0.1) is 5.01 Å². The number of halogens is 1. The second kappa shape index (κ2) is 7.86. The van der Waals surface area contributed by atoms with Gasteiger partial charge in [-0.3, -0.25) is 4.99 Å². The van der Waals surface area contributed by atoms with Gasteiger partial charge in [-0.15, -0.1) is 35.3 Å². The minimum Gasteiger partial charge on any atom is -0.370 e. The Morgan fingerprint density at radius 3 is 3.00 bits per heavy atom. The second-order valence-corrected chi connectivity index (χ2v) is 5.10. The minimum absolute atomic E-state index is 0. The molecular weight excluding hydrogens is 347 g/mol. The number of nitrogens with one attached hydrogen (secondary N) is 1. The van der Waals surface area contributed by atoms with Crippen LogP contribution in [0.3, 0.4) is 0 Å². The Kier molecular flexibility index (Phi) is 6.79. The third-order valence-electron chi connectivity index (χ3n) is 2.87. The van der Waals surface area contributed by atoms with Crippen LogP contribution >= 0.6 is 35.3 Å². The van der Waals surface area contributed by atoms with Crippen molar-refractivity contribution in [2.24, 2.45) is 16.6 Å². The first-order chi connectivity index (χ1) is 7.84. The van der Waals surface area contributed by atoms with E-state index in [1.807, 2.05) is 11.6 Å². The van der Waals surface area contributed by atoms with Crippen LogP contribution in [-0.4, -0.2) is 24.0 Å². The number of nitrogens with zero attached hydrogens (tertiary/aromatic N) is 2. The molecule has 96 valence electrons. The molecule has 1 aliphatic rings.